The lowest BCUT2D eigenvalue weighted by Crippen LogP contribution is -2.46. The third kappa shape index (κ3) is 2.76. The molecular formula is C13H14ClN5. The number of nitrogens with zero attached hydrogens (tertiary/aromatic N) is 5. The zero-order chi connectivity index (χ0) is 13.1. The minimum atomic E-state index is 0.439. The van der Waals surface area contributed by atoms with Gasteiger partial charge in [-0.3, -0.25) is 9.97 Å². The van der Waals surface area contributed by atoms with E-state index in [9.17, 15) is 0 Å². The smallest absolute Gasteiger partial charge is 0.149 e. The lowest BCUT2D eigenvalue weighted by atomic mass is 10.2. The Morgan fingerprint density at radius 3 is 2.26 bits per heavy atom. The molecule has 6 heteroatoms. The fraction of sp³-hybridized carbons (Fsp3) is 0.308. The molecule has 0 saturated carbocycles. The van der Waals surface area contributed by atoms with Crippen LogP contribution in [0.15, 0.2) is 36.9 Å². The van der Waals surface area contributed by atoms with Gasteiger partial charge >= 0.3 is 0 Å². The van der Waals surface area contributed by atoms with Gasteiger partial charge in [-0.1, -0.05) is 11.6 Å². The molecule has 0 N–H and O–H groups in total. The first-order valence-corrected chi connectivity index (χ1v) is 6.58. The summed E-state index contributed by atoms with van der Waals surface area (Å²) in [6.45, 7) is 3.74. The number of anilines is 2. The number of aromatic nitrogens is 3. The monoisotopic (exact) mass is 275 g/mol. The molecule has 98 valence electrons. The zero-order valence-corrected chi connectivity index (χ0v) is 11.2. The number of halogens is 1. The van der Waals surface area contributed by atoms with Crippen molar-refractivity contribution in [2.45, 2.75) is 0 Å². The van der Waals surface area contributed by atoms with E-state index in [-0.39, 0.29) is 0 Å². The summed E-state index contributed by atoms with van der Waals surface area (Å²) in [6, 6.07) is 4.07. The third-order valence-corrected chi connectivity index (χ3v) is 3.41. The van der Waals surface area contributed by atoms with Crippen molar-refractivity contribution in [3.05, 3.63) is 42.1 Å². The predicted molar refractivity (Wildman–Crippen MR) is 75.7 cm³/mol. The van der Waals surface area contributed by atoms with Crippen LogP contribution < -0.4 is 9.80 Å². The molecule has 5 nitrogen and oxygen atoms in total. The molecular weight excluding hydrogens is 262 g/mol. The van der Waals surface area contributed by atoms with E-state index >= 15 is 0 Å². The molecule has 2 aromatic rings. The van der Waals surface area contributed by atoms with Gasteiger partial charge in [0.25, 0.3) is 0 Å². The summed E-state index contributed by atoms with van der Waals surface area (Å²) in [7, 11) is 0. The molecule has 19 heavy (non-hydrogen) atoms. The molecule has 1 saturated heterocycles. The Kier molecular flexibility index (Phi) is 3.46. The Labute approximate surface area is 116 Å². The fourth-order valence-corrected chi connectivity index (χ4v) is 2.38. The minimum absolute atomic E-state index is 0.439. The van der Waals surface area contributed by atoms with Crippen molar-refractivity contribution in [3.63, 3.8) is 0 Å². The highest BCUT2D eigenvalue weighted by molar-refractivity contribution is 6.29. The largest absolute Gasteiger partial charge is 0.368 e. The van der Waals surface area contributed by atoms with Crippen LogP contribution in [0.3, 0.4) is 0 Å². The van der Waals surface area contributed by atoms with E-state index in [1.165, 1.54) is 5.69 Å². The van der Waals surface area contributed by atoms with Gasteiger partial charge in [0.1, 0.15) is 11.0 Å². The van der Waals surface area contributed by atoms with Gasteiger partial charge < -0.3 is 9.80 Å². The second-order valence-electron chi connectivity index (χ2n) is 4.38. The van der Waals surface area contributed by atoms with Gasteiger partial charge in [-0.05, 0) is 12.1 Å². The molecule has 0 amide bonds. The van der Waals surface area contributed by atoms with Crippen molar-refractivity contribution in [2.24, 2.45) is 0 Å². The summed E-state index contributed by atoms with van der Waals surface area (Å²) in [4.78, 5) is 17.0. The molecule has 1 aliphatic rings. The molecule has 1 aliphatic heterocycles. The van der Waals surface area contributed by atoms with Gasteiger partial charge in [-0.25, -0.2) is 4.98 Å². The Morgan fingerprint density at radius 1 is 0.895 bits per heavy atom. The third-order valence-electron chi connectivity index (χ3n) is 3.22. The van der Waals surface area contributed by atoms with Crippen molar-refractivity contribution in [3.8, 4) is 0 Å². The quantitative estimate of drug-likeness (QED) is 0.837. The first-order chi connectivity index (χ1) is 9.33. The molecule has 2 aromatic heterocycles. The van der Waals surface area contributed by atoms with Crippen LogP contribution >= 0.6 is 11.6 Å². The van der Waals surface area contributed by atoms with Crippen LogP contribution in [-0.4, -0.2) is 41.1 Å². The highest BCUT2D eigenvalue weighted by atomic mass is 35.5. The molecule has 3 rings (SSSR count). The minimum Gasteiger partial charge on any atom is -0.368 e. The van der Waals surface area contributed by atoms with Crippen LogP contribution in [0, 0.1) is 0 Å². The average Bonchev–Trinajstić information content (AvgIpc) is 2.48. The van der Waals surface area contributed by atoms with Gasteiger partial charge in [0, 0.05) is 44.3 Å². The van der Waals surface area contributed by atoms with Crippen LogP contribution in [0.4, 0.5) is 11.5 Å². The first kappa shape index (κ1) is 12.2. The summed E-state index contributed by atoms with van der Waals surface area (Å²) >= 11 is 5.87. The standard InChI is InChI=1S/C13H14ClN5/c14-12-9-16-10-13(17-12)19-7-5-18(6-8-19)11-1-3-15-4-2-11/h1-4,9-10H,5-8H2. The normalized spacial score (nSPS) is 15.6. The fourth-order valence-electron chi connectivity index (χ4n) is 2.23. The maximum Gasteiger partial charge on any atom is 0.149 e. The zero-order valence-electron chi connectivity index (χ0n) is 10.4. The van der Waals surface area contributed by atoms with Crippen LogP contribution in [-0.2, 0) is 0 Å². The second-order valence-corrected chi connectivity index (χ2v) is 4.77. The maximum atomic E-state index is 5.87. The van der Waals surface area contributed by atoms with Crippen LogP contribution in [0.5, 0.6) is 0 Å². The van der Waals surface area contributed by atoms with Crippen LogP contribution in [0.2, 0.25) is 5.15 Å². The Balaban J connectivity index is 1.67. The Morgan fingerprint density at radius 2 is 1.58 bits per heavy atom. The molecule has 0 aliphatic carbocycles. The first-order valence-electron chi connectivity index (χ1n) is 6.20. The van der Waals surface area contributed by atoms with E-state index in [4.69, 9.17) is 11.6 Å². The topological polar surface area (TPSA) is 45.2 Å². The van der Waals surface area contributed by atoms with E-state index in [1.54, 1.807) is 12.4 Å². The summed E-state index contributed by atoms with van der Waals surface area (Å²) in [6.07, 6.45) is 6.96. The van der Waals surface area contributed by atoms with E-state index < -0.39 is 0 Å². The summed E-state index contributed by atoms with van der Waals surface area (Å²) in [5.41, 5.74) is 1.21. The maximum absolute atomic E-state index is 5.87. The Bertz CT molecular complexity index is 540. The molecule has 0 radical (unpaired) electrons. The molecule has 3 heterocycles. The lowest BCUT2D eigenvalue weighted by Gasteiger charge is -2.36. The summed E-state index contributed by atoms with van der Waals surface area (Å²) in [5.74, 6) is 0.849. The lowest BCUT2D eigenvalue weighted by molar-refractivity contribution is 0.646. The van der Waals surface area contributed by atoms with Gasteiger partial charge in [-0.2, -0.15) is 0 Å². The molecule has 0 spiro atoms. The van der Waals surface area contributed by atoms with E-state index in [0.717, 1.165) is 32.0 Å². The number of piperazine rings is 1. The van der Waals surface area contributed by atoms with E-state index in [1.807, 2.05) is 24.5 Å². The summed E-state index contributed by atoms with van der Waals surface area (Å²) in [5, 5.41) is 0.439. The number of hydrogen-bond acceptors (Lipinski definition) is 5. The SMILES string of the molecule is Clc1cncc(N2CCN(c3ccncc3)CC2)n1. The summed E-state index contributed by atoms with van der Waals surface area (Å²) < 4.78 is 0. The van der Waals surface area contributed by atoms with Crippen molar-refractivity contribution >= 4 is 23.1 Å². The molecule has 1 fully saturated rings. The van der Waals surface area contributed by atoms with Crippen LogP contribution in [0.25, 0.3) is 0 Å². The van der Waals surface area contributed by atoms with Gasteiger partial charge in [0.15, 0.2) is 0 Å². The van der Waals surface area contributed by atoms with Gasteiger partial charge in [0.05, 0.1) is 12.4 Å². The number of hydrogen-bond donors (Lipinski definition) is 0. The molecule has 0 atom stereocenters. The van der Waals surface area contributed by atoms with Crippen molar-refractivity contribution in [1.82, 2.24) is 15.0 Å². The van der Waals surface area contributed by atoms with Crippen molar-refractivity contribution < 1.29 is 0 Å². The second kappa shape index (κ2) is 5.40. The van der Waals surface area contributed by atoms with Crippen LogP contribution in [0.1, 0.15) is 0 Å². The predicted octanol–water partition coefficient (Wildman–Crippen LogP) is 1.85. The van der Waals surface area contributed by atoms with Gasteiger partial charge in [-0.15, -0.1) is 0 Å². The molecule has 0 bridgehead atoms. The highest BCUT2D eigenvalue weighted by Crippen LogP contribution is 2.18. The van der Waals surface area contributed by atoms with E-state index in [0.29, 0.717) is 5.15 Å². The number of pyridine rings is 1. The van der Waals surface area contributed by atoms with Crippen molar-refractivity contribution in [2.75, 3.05) is 36.0 Å². The van der Waals surface area contributed by atoms with E-state index in [2.05, 4.69) is 24.8 Å². The molecule has 0 unspecified atom stereocenters. The Hall–Kier alpha value is -1.88. The van der Waals surface area contributed by atoms with Crippen molar-refractivity contribution in [1.29, 1.82) is 0 Å². The number of rotatable bonds is 2. The highest BCUT2D eigenvalue weighted by Gasteiger charge is 2.18. The average molecular weight is 276 g/mol. The molecule has 0 aromatic carbocycles. The van der Waals surface area contributed by atoms with Gasteiger partial charge in [0.2, 0.25) is 0 Å².